The van der Waals surface area contributed by atoms with E-state index in [4.69, 9.17) is 0 Å². The number of likely N-dealkylation sites (tertiary alicyclic amines) is 1. The molecule has 2 rings (SSSR count). The van der Waals surface area contributed by atoms with Crippen molar-refractivity contribution < 1.29 is 8.78 Å². The molecule has 0 spiro atoms. The zero-order valence-electron chi connectivity index (χ0n) is 15.0. The van der Waals surface area contributed by atoms with Crippen LogP contribution in [0.2, 0.25) is 0 Å². The molecule has 0 saturated carbocycles. The minimum Gasteiger partial charge on any atom is -0.304 e. The lowest BCUT2D eigenvalue weighted by atomic mass is 9.98. The van der Waals surface area contributed by atoms with Crippen LogP contribution < -0.4 is 0 Å². The van der Waals surface area contributed by atoms with Crippen LogP contribution in [0.15, 0.2) is 0 Å². The van der Waals surface area contributed by atoms with Gasteiger partial charge < -0.3 is 4.90 Å². The molecular formula is C17H35F2N3. The van der Waals surface area contributed by atoms with E-state index in [0.29, 0.717) is 6.42 Å². The van der Waals surface area contributed by atoms with Gasteiger partial charge in [-0.15, -0.1) is 0 Å². The first-order chi connectivity index (χ1) is 10.5. The summed E-state index contributed by atoms with van der Waals surface area (Å²) < 4.78 is 28.8. The van der Waals surface area contributed by atoms with Gasteiger partial charge in [-0.3, -0.25) is 9.80 Å². The molecule has 2 saturated heterocycles. The second-order valence-electron chi connectivity index (χ2n) is 6.39. The topological polar surface area (TPSA) is 9.72 Å². The minimum atomic E-state index is -2.56. The van der Waals surface area contributed by atoms with Crippen LogP contribution in [0.1, 0.15) is 46.5 Å². The molecule has 22 heavy (non-hydrogen) atoms. The Bertz CT molecular complexity index is 292. The molecule has 2 aliphatic rings. The van der Waals surface area contributed by atoms with Gasteiger partial charge in [0.2, 0.25) is 0 Å². The molecule has 2 aliphatic heterocycles. The molecule has 0 aromatic carbocycles. The quantitative estimate of drug-likeness (QED) is 0.721. The fraction of sp³-hybridized carbons (Fsp3) is 1.00. The average Bonchev–Trinajstić information content (AvgIpc) is 2.50. The molecule has 0 bridgehead atoms. The Hall–Kier alpha value is -0.260. The summed E-state index contributed by atoms with van der Waals surface area (Å²) in [6.45, 7) is 11.1. The number of rotatable bonds is 5. The summed E-state index contributed by atoms with van der Waals surface area (Å²) in [5, 5.41) is 0. The van der Waals surface area contributed by atoms with Crippen LogP contribution >= 0.6 is 0 Å². The third kappa shape index (κ3) is 5.74. The lowest BCUT2D eigenvalue weighted by Crippen LogP contribution is -2.61. The van der Waals surface area contributed by atoms with E-state index in [2.05, 4.69) is 18.9 Å². The maximum Gasteiger partial charge on any atom is 0.275 e. The summed E-state index contributed by atoms with van der Waals surface area (Å²) in [6, 6.07) is -0.543. The number of hydrogen-bond donors (Lipinski definition) is 0. The molecule has 2 fully saturated rings. The zero-order valence-corrected chi connectivity index (χ0v) is 15.0. The van der Waals surface area contributed by atoms with Crippen molar-refractivity contribution in [3.05, 3.63) is 0 Å². The van der Waals surface area contributed by atoms with Gasteiger partial charge in [-0.25, -0.2) is 8.78 Å². The second kappa shape index (κ2) is 9.78. The van der Waals surface area contributed by atoms with Crippen molar-refractivity contribution in [3.63, 3.8) is 0 Å². The van der Waals surface area contributed by atoms with Crippen molar-refractivity contribution in [2.45, 2.75) is 58.4 Å². The SMILES string of the molecule is CC.CCCCCN1CCC(N2CCN(C)CC2)C(F)(F)C1. The molecule has 1 atom stereocenters. The lowest BCUT2D eigenvalue weighted by Gasteiger charge is -2.46. The normalized spacial score (nSPS) is 27.3. The van der Waals surface area contributed by atoms with E-state index in [0.717, 1.165) is 58.5 Å². The summed E-state index contributed by atoms with van der Waals surface area (Å²) in [4.78, 5) is 6.19. The third-order valence-electron chi connectivity index (χ3n) is 4.70. The number of halogens is 2. The standard InChI is InChI=1S/C15H29F2N3.C2H6/c1-3-4-5-7-19-8-6-14(15(16,17)13-19)20-11-9-18(2)10-12-20;1-2/h14H,3-13H2,1-2H3;1-2H3. The molecule has 2 heterocycles. The Balaban J connectivity index is 0.00000116. The van der Waals surface area contributed by atoms with Crippen molar-refractivity contribution in [1.29, 1.82) is 0 Å². The Morgan fingerprint density at radius 2 is 1.64 bits per heavy atom. The Labute approximate surface area is 135 Å². The minimum absolute atomic E-state index is 0.0479. The predicted molar refractivity (Wildman–Crippen MR) is 89.7 cm³/mol. The first-order valence-electron chi connectivity index (χ1n) is 9.05. The number of alkyl halides is 2. The lowest BCUT2D eigenvalue weighted by molar-refractivity contribution is -0.132. The highest BCUT2D eigenvalue weighted by molar-refractivity contribution is 4.94. The van der Waals surface area contributed by atoms with Gasteiger partial charge >= 0.3 is 0 Å². The van der Waals surface area contributed by atoms with Crippen LogP contribution in [0.4, 0.5) is 8.78 Å². The van der Waals surface area contributed by atoms with E-state index in [9.17, 15) is 8.78 Å². The molecular weight excluding hydrogens is 284 g/mol. The molecule has 0 radical (unpaired) electrons. The smallest absolute Gasteiger partial charge is 0.275 e. The van der Waals surface area contributed by atoms with Gasteiger partial charge in [0.15, 0.2) is 0 Å². The van der Waals surface area contributed by atoms with Crippen molar-refractivity contribution in [2.75, 3.05) is 52.9 Å². The van der Waals surface area contributed by atoms with Crippen LogP contribution in [0, 0.1) is 0 Å². The molecule has 0 amide bonds. The number of unbranched alkanes of at least 4 members (excludes halogenated alkanes) is 2. The molecule has 5 heteroatoms. The monoisotopic (exact) mass is 319 g/mol. The summed E-state index contributed by atoms with van der Waals surface area (Å²) in [6.07, 6.45) is 3.95. The van der Waals surface area contributed by atoms with Gasteiger partial charge in [0, 0.05) is 32.7 Å². The summed E-state index contributed by atoms with van der Waals surface area (Å²) >= 11 is 0. The van der Waals surface area contributed by atoms with Crippen LogP contribution in [0.25, 0.3) is 0 Å². The average molecular weight is 319 g/mol. The van der Waals surface area contributed by atoms with Gasteiger partial charge in [-0.2, -0.15) is 0 Å². The first kappa shape index (κ1) is 19.8. The van der Waals surface area contributed by atoms with Crippen molar-refractivity contribution >= 4 is 0 Å². The Kier molecular flexibility index (Phi) is 8.80. The van der Waals surface area contributed by atoms with Crippen molar-refractivity contribution in [1.82, 2.24) is 14.7 Å². The molecule has 132 valence electrons. The van der Waals surface area contributed by atoms with Gasteiger partial charge in [-0.1, -0.05) is 33.6 Å². The number of piperidine rings is 1. The Morgan fingerprint density at radius 3 is 2.18 bits per heavy atom. The predicted octanol–water partition coefficient (Wildman–Crippen LogP) is 3.16. The molecule has 0 aromatic heterocycles. The van der Waals surface area contributed by atoms with Crippen molar-refractivity contribution in [2.24, 2.45) is 0 Å². The first-order valence-corrected chi connectivity index (χ1v) is 9.05. The van der Waals surface area contributed by atoms with E-state index >= 15 is 0 Å². The van der Waals surface area contributed by atoms with Gasteiger partial charge in [0.05, 0.1) is 12.6 Å². The van der Waals surface area contributed by atoms with Crippen molar-refractivity contribution in [3.8, 4) is 0 Å². The summed E-state index contributed by atoms with van der Waals surface area (Å²) in [5.41, 5.74) is 0. The fourth-order valence-corrected chi connectivity index (χ4v) is 3.36. The van der Waals surface area contributed by atoms with Gasteiger partial charge in [0.1, 0.15) is 0 Å². The fourth-order valence-electron chi connectivity index (χ4n) is 3.36. The summed E-state index contributed by atoms with van der Waals surface area (Å²) in [7, 11) is 2.06. The molecule has 0 aromatic rings. The molecule has 0 aliphatic carbocycles. The number of hydrogen-bond acceptors (Lipinski definition) is 3. The van der Waals surface area contributed by atoms with Gasteiger partial charge in [0.25, 0.3) is 5.92 Å². The van der Waals surface area contributed by atoms with E-state index in [1.165, 1.54) is 0 Å². The zero-order chi connectivity index (χ0) is 16.6. The van der Waals surface area contributed by atoms with E-state index in [1.807, 2.05) is 23.6 Å². The van der Waals surface area contributed by atoms with Crippen LogP contribution in [-0.2, 0) is 0 Å². The second-order valence-corrected chi connectivity index (χ2v) is 6.39. The Morgan fingerprint density at radius 1 is 1.00 bits per heavy atom. The molecule has 1 unspecified atom stereocenters. The van der Waals surface area contributed by atoms with Gasteiger partial charge in [-0.05, 0) is 26.4 Å². The number of likely N-dealkylation sites (N-methyl/N-ethyl adjacent to an activating group) is 1. The largest absolute Gasteiger partial charge is 0.304 e. The highest BCUT2D eigenvalue weighted by atomic mass is 19.3. The van der Waals surface area contributed by atoms with Crippen LogP contribution in [0.5, 0.6) is 0 Å². The maximum atomic E-state index is 14.4. The van der Waals surface area contributed by atoms with Crippen LogP contribution in [0.3, 0.4) is 0 Å². The summed E-state index contributed by atoms with van der Waals surface area (Å²) in [5.74, 6) is -2.56. The van der Waals surface area contributed by atoms with E-state index in [-0.39, 0.29) is 6.54 Å². The number of piperazine rings is 1. The van der Waals surface area contributed by atoms with Crippen LogP contribution in [-0.4, -0.2) is 79.5 Å². The van der Waals surface area contributed by atoms with E-state index < -0.39 is 12.0 Å². The highest BCUT2D eigenvalue weighted by Gasteiger charge is 2.47. The van der Waals surface area contributed by atoms with E-state index in [1.54, 1.807) is 0 Å². The maximum absolute atomic E-state index is 14.4. The third-order valence-corrected chi connectivity index (χ3v) is 4.70. The number of nitrogens with zero attached hydrogens (tertiary/aromatic N) is 3. The highest BCUT2D eigenvalue weighted by Crippen LogP contribution is 2.32. The molecule has 3 nitrogen and oxygen atoms in total. The molecule has 0 N–H and O–H groups in total.